The van der Waals surface area contributed by atoms with Crippen LogP contribution in [-0.2, 0) is 11.2 Å². The Labute approximate surface area is 190 Å². The number of allylic oxidation sites excluding steroid dienone is 4. The first-order chi connectivity index (χ1) is 15.3. The van der Waals surface area contributed by atoms with Crippen molar-refractivity contribution >= 4 is 5.78 Å². The molecule has 0 aromatic heterocycles. The lowest BCUT2D eigenvalue weighted by molar-refractivity contribution is -0.115. The molecule has 3 nitrogen and oxygen atoms in total. The topological polar surface area (TPSA) is 46.5 Å². The van der Waals surface area contributed by atoms with Crippen molar-refractivity contribution in [2.24, 2.45) is 16.7 Å². The molecule has 1 unspecified atom stereocenters. The van der Waals surface area contributed by atoms with Gasteiger partial charge >= 0.3 is 0 Å². The van der Waals surface area contributed by atoms with Gasteiger partial charge in [-0.25, -0.2) is 0 Å². The number of benzene rings is 1. The third-order valence-electron chi connectivity index (χ3n) is 9.73. The van der Waals surface area contributed by atoms with Crippen LogP contribution in [0.3, 0.4) is 0 Å². The normalized spacial score (nSPS) is 39.1. The summed E-state index contributed by atoms with van der Waals surface area (Å²) in [7, 11) is 1.73. The molecule has 1 fully saturated rings. The van der Waals surface area contributed by atoms with Crippen LogP contribution in [0.5, 0.6) is 5.75 Å². The molecule has 6 rings (SSSR count). The van der Waals surface area contributed by atoms with E-state index < -0.39 is 5.60 Å². The Morgan fingerprint density at radius 2 is 2.03 bits per heavy atom. The molecule has 0 bridgehead atoms. The summed E-state index contributed by atoms with van der Waals surface area (Å²) in [6.45, 7) is 4.13. The van der Waals surface area contributed by atoms with Gasteiger partial charge in [0.2, 0.25) is 0 Å². The summed E-state index contributed by atoms with van der Waals surface area (Å²) in [5.74, 6) is 8.13. The number of fused-ring (bicyclic) bond motifs is 4. The monoisotopic (exact) mass is 428 g/mol. The van der Waals surface area contributed by atoms with E-state index in [-0.39, 0.29) is 22.5 Å². The molecule has 1 N–H and O–H groups in total. The Kier molecular flexibility index (Phi) is 4.19. The van der Waals surface area contributed by atoms with E-state index in [1.54, 1.807) is 18.3 Å². The largest absolute Gasteiger partial charge is 0.497 e. The summed E-state index contributed by atoms with van der Waals surface area (Å²) < 4.78 is 5.59. The van der Waals surface area contributed by atoms with Crippen molar-refractivity contribution in [3.8, 4) is 17.6 Å². The average molecular weight is 429 g/mol. The fourth-order valence-electron chi connectivity index (χ4n) is 8.29. The third kappa shape index (κ3) is 2.40. The number of ketones is 1. The Hall–Kier alpha value is -2.31. The van der Waals surface area contributed by atoms with Gasteiger partial charge in [-0.3, -0.25) is 4.79 Å². The number of carbonyl (C=O) groups is 1. The van der Waals surface area contributed by atoms with Crippen molar-refractivity contribution in [1.29, 1.82) is 0 Å². The maximum atomic E-state index is 12.4. The molecule has 1 aromatic rings. The van der Waals surface area contributed by atoms with Crippen molar-refractivity contribution < 1.29 is 14.6 Å². The van der Waals surface area contributed by atoms with Crippen molar-refractivity contribution in [3.05, 3.63) is 52.1 Å². The van der Waals surface area contributed by atoms with Crippen molar-refractivity contribution in [2.45, 2.75) is 76.7 Å². The highest BCUT2D eigenvalue weighted by molar-refractivity contribution is 5.92. The smallest absolute Gasteiger partial charge is 0.155 e. The standard InChI is InChI=1S/C29H32O3/c1-4-11-29(31)13-10-25-23-7-5-19-15-20(30)9-12-28(19)16-18-14-21(32-3)6-8-22(18)24(26(23)28)17-27(25,29)2/h6,8,14-15,24-25,31H,5,7,9-10,12-13,16-17H2,1-3H3/t24?,25-,27-,28+,29-/m0/s1. The van der Waals surface area contributed by atoms with Gasteiger partial charge in [0, 0.05) is 23.2 Å². The SMILES string of the molecule is CC#C[C@]1(O)CC[C@H]2C3=C4C(C[C@@]21C)c1ccc(OC)cc1C[C@@]41CCC(=O)C=C1CC3. The zero-order valence-corrected chi connectivity index (χ0v) is 19.4. The second kappa shape index (κ2) is 6.61. The molecular weight excluding hydrogens is 396 g/mol. The van der Waals surface area contributed by atoms with Gasteiger partial charge in [-0.1, -0.05) is 35.6 Å². The third-order valence-corrected chi connectivity index (χ3v) is 9.73. The number of hydrogen-bond acceptors (Lipinski definition) is 3. The molecular formula is C29H32O3. The highest BCUT2D eigenvalue weighted by Gasteiger charge is 2.64. The molecule has 1 spiro atoms. The quantitative estimate of drug-likeness (QED) is 0.489. The van der Waals surface area contributed by atoms with Crippen LogP contribution in [0.4, 0.5) is 0 Å². The van der Waals surface area contributed by atoms with E-state index in [1.165, 1.54) is 16.7 Å². The number of ether oxygens (including phenoxy) is 1. The van der Waals surface area contributed by atoms with E-state index in [0.29, 0.717) is 12.3 Å². The second-order valence-corrected chi connectivity index (χ2v) is 10.9. The van der Waals surface area contributed by atoms with Crippen LogP contribution in [0.2, 0.25) is 0 Å². The van der Waals surface area contributed by atoms with Crippen LogP contribution in [0, 0.1) is 28.6 Å². The van der Waals surface area contributed by atoms with Crippen LogP contribution in [0.1, 0.15) is 75.8 Å². The molecule has 5 aliphatic rings. The van der Waals surface area contributed by atoms with Gasteiger partial charge in [-0.15, -0.1) is 5.92 Å². The van der Waals surface area contributed by atoms with Crippen LogP contribution < -0.4 is 4.74 Å². The Morgan fingerprint density at radius 1 is 1.19 bits per heavy atom. The van der Waals surface area contributed by atoms with Gasteiger partial charge < -0.3 is 9.84 Å². The molecule has 166 valence electrons. The van der Waals surface area contributed by atoms with Gasteiger partial charge in [0.25, 0.3) is 0 Å². The molecule has 0 amide bonds. The molecule has 0 aliphatic heterocycles. The van der Waals surface area contributed by atoms with Crippen molar-refractivity contribution in [3.63, 3.8) is 0 Å². The highest BCUT2D eigenvalue weighted by atomic mass is 16.5. The lowest BCUT2D eigenvalue weighted by atomic mass is 9.45. The summed E-state index contributed by atoms with van der Waals surface area (Å²) in [5, 5.41) is 11.8. The van der Waals surface area contributed by atoms with E-state index in [2.05, 4.69) is 37.0 Å². The second-order valence-electron chi connectivity index (χ2n) is 10.9. The highest BCUT2D eigenvalue weighted by Crippen LogP contribution is 2.70. The lowest BCUT2D eigenvalue weighted by Gasteiger charge is -2.58. The minimum atomic E-state index is -0.930. The van der Waals surface area contributed by atoms with E-state index in [1.807, 2.05) is 13.0 Å². The maximum absolute atomic E-state index is 12.4. The molecule has 32 heavy (non-hydrogen) atoms. The molecule has 1 aromatic carbocycles. The molecule has 5 aliphatic carbocycles. The first kappa shape index (κ1) is 20.3. The van der Waals surface area contributed by atoms with Gasteiger partial charge in [0.15, 0.2) is 5.78 Å². The minimum absolute atomic E-state index is 0.0238. The Balaban J connectivity index is 1.62. The van der Waals surface area contributed by atoms with Crippen LogP contribution in [0.15, 0.2) is 41.0 Å². The number of rotatable bonds is 1. The van der Waals surface area contributed by atoms with Gasteiger partial charge in [-0.05, 0) is 87.1 Å². The molecule has 0 heterocycles. The summed E-state index contributed by atoms with van der Waals surface area (Å²) in [5.41, 5.74) is 6.09. The van der Waals surface area contributed by atoms with E-state index in [0.717, 1.165) is 50.7 Å². The van der Waals surface area contributed by atoms with E-state index >= 15 is 0 Å². The summed E-state index contributed by atoms with van der Waals surface area (Å²) in [6.07, 6.45) is 9.19. The Morgan fingerprint density at radius 3 is 2.81 bits per heavy atom. The maximum Gasteiger partial charge on any atom is 0.155 e. The number of methoxy groups -OCH3 is 1. The zero-order valence-electron chi connectivity index (χ0n) is 19.4. The molecule has 0 radical (unpaired) electrons. The number of aliphatic hydroxyl groups is 1. The fraction of sp³-hybridized carbons (Fsp3) is 0.552. The van der Waals surface area contributed by atoms with E-state index in [9.17, 15) is 9.90 Å². The van der Waals surface area contributed by atoms with Crippen LogP contribution >= 0.6 is 0 Å². The summed E-state index contributed by atoms with van der Waals surface area (Å²) in [4.78, 5) is 12.4. The summed E-state index contributed by atoms with van der Waals surface area (Å²) in [6, 6.07) is 6.55. The van der Waals surface area contributed by atoms with Crippen molar-refractivity contribution in [2.75, 3.05) is 7.11 Å². The minimum Gasteiger partial charge on any atom is -0.497 e. The first-order valence-electron chi connectivity index (χ1n) is 12.2. The molecule has 5 atom stereocenters. The average Bonchev–Trinajstić information content (AvgIpc) is 3.04. The Bertz CT molecular complexity index is 1160. The first-order valence-corrected chi connectivity index (χ1v) is 12.2. The molecule has 3 heteroatoms. The van der Waals surface area contributed by atoms with E-state index in [4.69, 9.17) is 4.74 Å². The van der Waals surface area contributed by atoms with Crippen LogP contribution in [-0.4, -0.2) is 23.6 Å². The number of hydrogen-bond donors (Lipinski definition) is 1. The van der Waals surface area contributed by atoms with Gasteiger partial charge in [0.1, 0.15) is 11.4 Å². The molecule has 1 saturated carbocycles. The zero-order chi connectivity index (χ0) is 22.3. The predicted octanol–water partition coefficient (Wildman–Crippen LogP) is 5.28. The van der Waals surface area contributed by atoms with Crippen molar-refractivity contribution in [1.82, 2.24) is 0 Å². The predicted molar refractivity (Wildman–Crippen MR) is 124 cm³/mol. The fourth-order valence-corrected chi connectivity index (χ4v) is 8.29. The van der Waals surface area contributed by atoms with Gasteiger partial charge in [0.05, 0.1) is 7.11 Å². The molecule has 0 saturated heterocycles. The number of carbonyl (C=O) groups excluding carboxylic acids is 1. The lowest BCUT2D eigenvalue weighted by Crippen LogP contribution is -2.52. The van der Waals surface area contributed by atoms with Gasteiger partial charge in [-0.2, -0.15) is 0 Å². The summed E-state index contributed by atoms with van der Waals surface area (Å²) >= 11 is 0. The van der Waals surface area contributed by atoms with Crippen LogP contribution in [0.25, 0.3) is 0 Å².